The first-order valence-electron chi connectivity index (χ1n) is 9.18. The molecule has 1 atom stereocenters. The van der Waals surface area contributed by atoms with E-state index in [1.165, 1.54) is 17.4 Å². The van der Waals surface area contributed by atoms with E-state index >= 15 is 0 Å². The second kappa shape index (κ2) is 8.09. The third-order valence-corrected chi connectivity index (χ3v) is 6.03. The molecule has 2 heterocycles. The lowest BCUT2D eigenvalue weighted by atomic mass is 9.93. The van der Waals surface area contributed by atoms with Gasteiger partial charge in [-0.2, -0.15) is 0 Å². The van der Waals surface area contributed by atoms with Crippen LogP contribution in [0.1, 0.15) is 20.9 Å². The van der Waals surface area contributed by atoms with E-state index in [1.807, 2.05) is 0 Å². The number of aromatic nitrogens is 1. The van der Waals surface area contributed by atoms with Gasteiger partial charge in [-0.3, -0.25) is 14.9 Å². The van der Waals surface area contributed by atoms with Crippen molar-refractivity contribution in [2.75, 3.05) is 6.54 Å². The summed E-state index contributed by atoms with van der Waals surface area (Å²) in [7, 11) is 0. The van der Waals surface area contributed by atoms with E-state index in [2.05, 4.69) is 20.9 Å². The van der Waals surface area contributed by atoms with Gasteiger partial charge in [0.2, 0.25) is 0 Å². The molecule has 0 radical (unpaired) electrons. The molecule has 10 heteroatoms. The van der Waals surface area contributed by atoms with Crippen LogP contribution in [0.15, 0.2) is 48.0 Å². The molecular formula is C21H16ClFN4O3S. The van der Waals surface area contributed by atoms with Crippen LogP contribution in [-0.2, 0) is 10.3 Å². The fourth-order valence-electron chi connectivity index (χ4n) is 3.53. The van der Waals surface area contributed by atoms with Crippen molar-refractivity contribution in [1.82, 2.24) is 20.9 Å². The molecule has 2 aromatic carbocycles. The maximum Gasteiger partial charge on any atom is 0.322 e. The maximum atomic E-state index is 14.1. The summed E-state index contributed by atoms with van der Waals surface area (Å²) in [6, 6.07) is 10.4. The van der Waals surface area contributed by atoms with Gasteiger partial charge in [-0.05, 0) is 30.2 Å². The smallest absolute Gasteiger partial charge is 0.322 e. The highest BCUT2D eigenvalue weighted by Gasteiger charge is 2.50. The number of imide groups is 1. The van der Waals surface area contributed by atoms with Crippen LogP contribution in [-0.4, -0.2) is 29.4 Å². The summed E-state index contributed by atoms with van der Waals surface area (Å²) in [6.07, 6.45) is 0. The van der Waals surface area contributed by atoms with Gasteiger partial charge in [-0.1, -0.05) is 41.9 Å². The number of hydrogen-bond donors (Lipinski definition) is 3. The Morgan fingerprint density at radius 2 is 2.00 bits per heavy atom. The van der Waals surface area contributed by atoms with Crippen molar-refractivity contribution in [2.45, 2.75) is 12.5 Å². The number of urea groups is 1. The minimum absolute atomic E-state index is 0.0594. The highest BCUT2D eigenvalue weighted by Crippen LogP contribution is 2.32. The van der Waals surface area contributed by atoms with E-state index < -0.39 is 29.2 Å². The lowest BCUT2D eigenvalue weighted by Gasteiger charge is -2.25. The van der Waals surface area contributed by atoms with Crippen molar-refractivity contribution in [3.63, 3.8) is 0 Å². The zero-order chi connectivity index (χ0) is 22.2. The molecule has 3 N–H and O–H groups in total. The van der Waals surface area contributed by atoms with Crippen LogP contribution in [0.4, 0.5) is 9.18 Å². The fourth-order valence-corrected chi connectivity index (χ4v) is 4.48. The average molecular weight is 459 g/mol. The molecule has 0 aliphatic carbocycles. The lowest BCUT2D eigenvalue weighted by Crippen LogP contribution is -2.53. The van der Waals surface area contributed by atoms with Gasteiger partial charge in [0.05, 0.1) is 28.3 Å². The Balaban J connectivity index is 1.70. The van der Waals surface area contributed by atoms with E-state index in [4.69, 9.17) is 11.6 Å². The van der Waals surface area contributed by atoms with E-state index in [1.54, 1.807) is 42.8 Å². The van der Waals surface area contributed by atoms with Crippen molar-refractivity contribution >= 4 is 40.8 Å². The Labute approximate surface area is 185 Å². The van der Waals surface area contributed by atoms with Crippen LogP contribution < -0.4 is 16.0 Å². The number of amides is 4. The van der Waals surface area contributed by atoms with Crippen molar-refractivity contribution in [3.8, 4) is 11.1 Å². The third-order valence-electron chi connectivity index (χ3n) is 4.97. The first-order valence-corrected chi connectivity index (χ1v) is 10.4. The first kappa shape index (κ1) is 21.0. The third kappa shape index (κ3) is 3.77. The molecule has 0 bridgehead atoms. The minimum atomic E-state index is -1.56. The number of carbonyl (C=O) groups excluding carboxylic acids is 3. The predicted molar refractivity (Wildman–Crippen MR) is 114 cm³/mol. The number of nitrogens with zero attached hydrogens (tertiary/aromatic N) is 1. The van der Waals surface area contributed by atoms with Gasteiger partial charge >= 0.3 is 6.03 Å². The molecular weight excluding hydrogens is 443 g/mol. The van der Waals surface area contributed by atoms with Crippen LogP contribution in [0.3, 0.4) is 0 Å². The molecule has 1 saturated heterocycles. The number of benzene rings is 2. The van der Waals surface area contributed by atoms with Crippen LogP contribution >= 0.6 is 22.9 Å². The largest absolute Gasteiger partial charge is 0.349 e. The van der Waals surface area contributed by atoms with E-state index in [0.29, 0.717) is 16.8 Å². The van der Waals surface area contributed by atoms with Gasteiger partial charge in [0.15, 0.2) is 5.54 Å². The van der Waals surface area contributed by atoms with E-state index in [9.17, 15) is 18.8 Å². The summed E-state index contributed by atoms with van der Waals surface area (Å²) in [5.74, 6) is -1.83. The number of nitrogens with one attached hydrogen (secondary N) is 3. The standard InChI is InChI=1S/C21H16ClFN4O3S/c1-11-17(25-10-31-11)21(19(29)26-20(30)27-21)9-24-18(28)16-14(7-13(23)8-15(16)22)12-5-3-2-4-6-12/h2-8,10H,9H2,1H3,(H,24,28)(H2,26,27,29,30). The molecule has 0 saturated carbocycles. The van der Waals surface area contributed by atoms with Gasteiger partial charge in [0.25, 0.3) is 11.8 Å². The van der Waals surface area contributed by atoms with Crippen LogP contribution in [0, 0.1) is 12.7 Å². The maximum absolute atomic E-state index is 14.1. The van der Waals surface area contributed by atoms with Crippen LogP contribution in [0.2, 0.25) is 5.02 Å². The van der Waals surface area contributed by atoms with Crippen molar-refractivity contribution in [2.24, 2.45) is 0 Å². The quantitative estimate of drug-likeness (QED) is 0.510. The summed E-state index contributed by atoms with van der Waals surface area (Å²) in [4.78, 5) is 42.6. The Bertz CT molecular complexity index is 1200. The van der Waals surface area contributed by atoms with Gasteiger partial charge in [-0.25, -0.2) is 14.2 Å². The van der Waals surface area contributed by atoms with Crippen molar-refractivity contribution < 1.29 is 18.8 Å². The Kier molecular flexibility index (Phi) is 5.47. The van der Waals surface area contributed by atoms with Gasteiger partial charge in [0, 0.05) is 4.88 Å². The van der Waals surface area contributed by atoms with Crippen molar-refractivity contribution in [3.05, 3.63) is 74.9 Å². The molecule has 31 heavy (non-hydrogen) atoms. The van der Waals surface area contributed by atoms with E-state index in [-0.39, 0.29) is 17.1 Å². The van der Waals surface area contributed by atoms with Crippen LogP contribution in [0.5, 0.6) is 0 Å². The normalized spacial score (nSPS) is 17.9. The van der Waals surface area contributed by atoms with Gasteiger partial charge < -0.3 is 10.6 Å². The van der Waals surface area contributed by atoms with Crippen LogP contribution in [0.25, 0.3) is 11.1 Å². The second-order valence-electron chi connectivity index (χ2n) is 6.93. The van der Waals surface area contributed by atoms with Gasteiger partial charge in [-0.15, -0.1) is 11.3 Å². The molecule has 1 fully saturated rings. The zero-order valence-corrected chi connectivity index (χ0v) is 17.7. The van der Waals surface area contributed by atoms with Gasteiger partial charge in [0.1, 0.15) is 5.82 Å². The number of aryl methyl sites for hydroxylation is 1. The molecule has 3 aromatic rings. The molecule has 0 spiro atoms. The highest BCUT2D eigenvalue weighted by molar-refractivity contribution is 7.09. The first-order chi connectivity index (χ1) is 14.8. The summed E-state index contributed by atoms with van der Waals surface area (Å²) >= 11 is 7.54. The number of halogens is 2. The molecule has 158 valence electrons. The summed E-state index contributed by atoms with van der Waals surface area (Å²) < 4.78 is 14.1. The topological polar surface area (TPSA) is 100 Å². The Morgan fingerprint density at radius 1 is 1.26 bits per heavy atom. The summed E-state index contributed by atoms with van der Waals surface area (Å²) in [5, 5.41) is 7.35. The molecule has 1 aromatic heterocycles. The zero-order valence-electron chi connectivity index (χ0n) is 16.2. The summed E-state index contributed by atoms with van der Waals surface area (Å²) in [5.41, 5.74) is 1.30. The lowest BCUT2D eigenvalue weighted by molar-refractivity contribution is -0.124. The van der Waals surface area contributed by atoms with E-state index in [0.717, 1.165) is 10.9 Å². The molecule has 7 nitrogen and oxygen atoms in total. The number of thiazole rings is 1. The molecule has 4 amide bonds. The molecule has 1 unspecified atom stereocenters. The Hall–Kier alpha value is -3.30. The average Bonchev–Trinajstić information content (AvgIpc) is 3.29. The highest BCUT2D eigenvalue weighted by atomic mass is 35.5. The molecule has 4 rings (SSSR count). The monoisotopic (exact) mass is 458 g/mol. The molecule has 1 aliphatic heterocycles. The predicted octanol–water partition coefficient (Wildman–Crippen LogP) is 3.38. The second-order valence-corrected chi connectivity index (χ2v) is 8.40. The Morgan fingerprint density at radius 3 is 2.61 bits per heavy atom. The number of carbonyl (C=O) groups is 3. The SMILES string of the molecule is Cc1scnc1C1(CNC(=O)c2c(Cl)cc(F)cc2-c2ccccc2)NC(=O)NC1=O. The number of rotatable bonds is 5. The molecule has 1 aliphatic rings. The number of hydrogen-bond acceptors (Lipinski definition) is 5. The summed E-state index contributed by atoms with van der Waals surface area (Å²) in [6.45, 7) is 1.49. The van der Waals surface area contributed by atoms with Crippen molar-refractivity contribution in [1.29, 1.82) is 0 Å². The minimum Gasteiger partial charge on any atom is -0.349 e. The fraction of sp³-hybridized carbons (Fsp3) is 0.143.